The Morgan fingerprint density at radius 3 is 2.65 bits per heavy atom. The number of hydrogen-bond acceptors (Lipinski definition) is 3. The molecule has 1 heterocycles. The van der Waals surface area contributed by atoms with Gasteiger partial charge in [0.25, 0.3) is 11.5 Å². The van der Waals surface area contributed by atoms with E-state index in [4.69, 9.17) is 12.2 Å². The topological polar surface area (TPSA) is 66.9 Å². The van der Waals surface area contributed by atoms with Crippen LogP contribution in [-0.4, -0.2) is 15.5 Å². The molecule has 0 aliphatic heterocycles. The van der Waals surface area contributed by atoms with Crippen LogP contribution in [0, 0.1) is 4.77 Å². The van der Waals surface area contributed by atoms with E-state index in [2.05, 4.69) is 24.1 Å². The first kappa shape index (κ1) is 18.1. The smallest absolute Gasteiger partial charge is 0.262 e. The van der Waals surface area contributed by atoms with E-state index in [0.29, 0.717) is 33.7 Å². The van der Waals surface area contributed by atoms with E-state index in [1.807, 2.05) is 31.2 Å². The summed E-state index contributed by atoms with van der Waals surface area (Å²) in [5.41, 5.74) is 2.75. The number of aromatic nitrogens is 2. The maximum atomic E-state index is 12.7. The molecule has 26 heavy (non-hydrogen) atoms. The highest BCUT2D eigenvalue weighted by Crippen LogP contribution is 2.24. The number of carbonyl (C=O) groups excluding carboxylic acids is 1. The Labute approximate surface area is 156 Å². The lowest BCUT2D eigenvalue weighted by atomic mass is 10.0. The van der Waals surface area contributed by atoms with Gasteiger partial charge in [0, 0.05) is 17.8 Å². The van der Waals surface area contributed by atoms with Crippen LogP contribution in [0.1, 0.15) is 42.6 Å². The molecule has 2 N–H and O–H groups in total. The van der Waals surface area contributed by atoms with Gasteiger partial charge in [-0.15, -0.1) is 0 Å². The second-order valence-electron chi connectivity index (χ2n) is 6.44. The molecule has 134 valence electrons. The lowest BCUT2D eigenvalue weighted by Crippen LogP contribution is -2.21. The van der Waals surface area contributed by atoms with Gasteiger partial charge >= 0.3 is 0 Å². The summed E-state index contributed by atoms with van der Waals surface area (Å²) >= 11 is 5.23. The van der Waals surface area contributed by atoms with Crippen molar-refractivity contribution in [2.45, 2.75) is 33.2 Å². The van der Waals surface area contributed by atoms with Crippen LogP contribution in [-0.2, 0) is 6.54 Å². The average Bonchev–Trinajstić information content (AvgIpc) is 2.61. The zero-order valence-corrected chi connectivity index (χ0v) is 15.8. The summed E-state index contributed by atoms with van der Waals surface area (Å²) in [7, 11) is 0. The summed E-state index contributed by atoms with van der Waals surface area (Å²) in [6, 6.07) is 12.7. The van der Waals surface area contributed by atoms with E-state index in [-0.39, 0.29) is 11.5 Å². The third kappa shape index (κ3) is 3.32. The Morgan fingerprint density at radius 1 is 1.23 bits per heavy atom. The fraction of sp³-hybridized carbons (Fsp3) is 0.250. The Bertz CT molecular complexity index is 1100. The molecule has 0 fully saturated rings. The van der Waals surface area contributed by atoms with Crippen molar-refractivity contribution in [2.24, 2.45) is 0 Å². The van der Waals surface area contributed by atoms with Crippen LogP contribution >= 0.6 is 12.2 Å². The lowest BCUT2D eigenvalue weighted by molar-refractivity contribution is 0.102. The van der Waals surface area contributed by atoms with Crippen molar-refractivity contribution in [3.63, 3.8) is 0 Å². The van der Waals surface area contributed by atoms with E-state index < -0.39 is 0 Å². The fourth-order valence-electron chi connectivity index (χ4n) is 2.99. The van der Waals surface area contributed by atoms with Gasteiger partial charge in [-0.25, -0.2) is 0 Å². The van der Waals surface area contributed by atoms with Crippen molar-refractivity contribution in [3.8, 4) is 0 Å². The Morgan fingerprint density at radius 2 is 1.96 bits per heavy atom. The number of benzene rings is 2. The number of H-pyrrole nitrogens is 1. The summed E-state index contributed by atoms with van der Waals surface area (Å²) in [6.07, 6.45) is 0. The van der Waals surface area contributed by atoms with Crippen molar-refractivity contribution in [2.75, 3.05) is 5.32 Å². The van der Waals surface area contributed by atoms with Gasteiger partial charge in [0.1, 0.15) is 0 Å². The number of carbonyl (C=O) groups is 1. The Balaban J connectivity index is 2.00. The van der Waals surface area contributed by atoms with Crippen LogP contribution < -0.4 is 10.9 Å². The van der Waals surface area contributed by atoms with Crippen molar-refractivity contribution in [1.82, 2.24) is 9.55 Å². The summed E-state index contributed by atoms with van der Waals surface area (Å²) in [5, 5.41) is 3.48. The predicted molar refractivity (Wildman–Crippen MR) is 108 cm³/mol. The highest BCUT2D eigenvalue weighted by atomic mass is 32.1. The molecule has 1 aromatic heterocycles. The SMILES string of the molecule is CCn1c(=S)[nH]c2cc(C(=O)Nc3ccccc3C(C)C)ccc2c1=O. The number of para-hydroxylation sites is 1. The molecule has 3 rings (SSSR count). The van der Waals surface area contributed by atoms with Crippen molar-refractivity contribution < 1.29 is 4.79 Å². The summed E-state index contributed by atoms with van der Waals surface area (Å²) in [6.45, 7) is 6.53. The van der Waals surface area contributed by atoms with Crippen LogP contribution in [0.5, 0.6) is 0 Å². The number of amides is 1. The van der Waals surface area contributed by atoms with Gasteiger partial charge < -0.3 is 10.3 Å². The molecule has 0 spiro atoms. The highest BCUT2D eigenvalue weighted by Gasteiger charge is 2.13. The summed E-state index contributed by atoms with van der Waals surface area (Å²) in [5.74, 6) is 0.0747. The molecule has 6 heteroatoms. The molecule has 2 aromatic carbocycles. The highest BCUT2D eigenvalue weighted by molar-refractivity contribution is 7.71. The van der Waals surface area contributed by atoms with Crippen molar-refractivity contribution in [3.05, 3.63) is 68.7 Å². The third-order valence-electron chi connectivity index (χ3n) is 4.39. The van der Waals surface area contributed by atoms with Crippen LogP contribution in [0.2, 0.25) is 0 Å². The predicted octanol–water partition coefficient (Wildman–Crippen LogP) is 4.45. The van der Waals surface area contributed by atoms with Gasteiger partial charge in [0.2, 0.25) is 0 Å². The minimum absolute atomic E-state index is 0.150. The Hall–Kier alpha value is -2.73. The molecule has 0 unspecified atom stereocenters. The molecule has 3 aromatic rings. The minimum Gasteiger partial charge on any atom is -0.332 e. The fourth-order valence-corrected chi connectivity index (χ4v) is 3.31. The molecular formula is C20H21N3O2S. The quantitative estimate of drug-likeness (QED) is 0.669. The number of nitrogens with one attached hydrogen (secondary N) is 2. The number of hydrogen-bond donors (Lipinski definition) is 2. The standard InChI is InChI=1S/C20H21N3O2S/c1-4-23-19(25)15-10-9-13(11-17(15)22-20(23)26)18(24)21-16-8-6-5-7-14(16)12(2)3/h5-12H,4H2,1-3H3,(H,21,24)(H,22,26). The molecule has 0 aliphatic carbocycles. The van der Waals surface area contributed by atoms with Gasteiger partial charge in [0.15, 0.2) is 4.77 Å². The van der Waals surface area contributed by atoms with Crippen LogP contribution in [0.4, 0.5) is 5.69 Å². The first-order chi connectivity index (χ1) is 12.4. The normalized spacial score (nSPS) is 11.1. The molecule has 0 aliphatic rings. The summed E-state index contributed by atoms with van der Waals surface area (Å²) < 4.78 is 1.85. The molecule has 0 bridgehead atoms. The van der Waals surface area contributed by atoms with Gasteiger partial charge in [-0.2, -0.15) is 0 Å². The number of fused-ring (bicyclic) bond motifs is 1. The molecule has 0 atom stereocenters. The second-order valence-corrected chi connectivity index (χ2v) is 6.82. The minimum atomic E-state index is -0.223. The zero-order chi connectivity index (χ0) is 18.8. The van der Waals surface area contributed by atoms with Gasteiger partial charge in [0.05, 0.1) is 10.9 Å². The van der Waals surface area contributed by atoms with Crippen molar-refractivity contribution in [1.29, 1.82) is 0 Å². The van der Waals surface area contributed by atoms with E-state index in [1.54, 1.807) is 18.2 Å². The molecular weight excluding hydrogens is 346 g/mol. The van der Waals surface area contributed by atoms with E-state index in [0.717, 1.165) is 11.3 Å². The van der Waals surface area contributed by atoms with Crippen LogP contribution in [0.25, 0.3) is 10.9 Å². The lowest BCUT2D eigenvalue weighted by Gasteiger charge is -2.14. The molecule has 1 amide bonds. The van der Waals surface area contributed by atoms with Crippen LogP contribution in [0.3, 0.4) is 0 Å². The average molecular weight is 367 g/mol. The van der Waals surface area contributed by atoms with Crippen LogP contribution in [0.15, 0.2) is 47.3 Å². The number of aromatic amines is 1. The Kier molecular flexibility index (Phi) is 5.04. The molecule has 0 radical (unpaired) electrons. The van der Waals surface area contributed by atoms with Gasteiger partial charge in [-0.05, 0) is 54.9 Å². The monoisotopic (exact) mass is 367 g/mol. The largest absolute Gasteiger partial charge is 0.332 e. The number of rotatable bonds is 4. The second kappa shape index (κ2) is 7.25. The van der Waals surface area contributed by atoms with Crippen molar-refractivity contribution >= 4 is 34.7 Å². The van der Waals surface area contributed by atoms with Gasteiger partial charge in [-0.3, -0.25) is 14.2 Å². The first-order valence-corrected chi connectivity index (χ1v) is 9.00. The van der Waals surface area contributed by atoms with E-state index in [1.165, 1.54) is 4.57 Å². The number of nitrogens with zero attached hydrogens (tertiary/aromatic N) is 1. The zero-order valence-electron chi connectivity index (χ0n) is 15.0. The first-order valence-electron chi connectivity index (χ1n) is 8.59. The molecule has 5 nitrogen and oxygen atoms in total. The third-order valence-corrected chi connectivity index (χ3v) is 4.71. The number of anilines is 1. The van der Waals surface area contributed by atoms with E-state index >= 15 is 0 Å². The summed E-state index contributed by atoms with van der Waals surface area (Å²) in [4.78, 5) is 28.2. The molecule has 0 saturated heterocycles. The van der Waals surface area contributed by atoms with Gasteiger partial charge in [-0.1, -0.05) is 32.0 Å². The van der Waals surface area contributed by atoms with E-state index in [9.17, 15) is 9.59 Å². The maximum absolute atomic E-state index is 12.7. The maximum Gasteiger partial charge on any atom is 0.262 e. The molecule has 0 saturated carbocycles.